The molecule has 0 aromatic heterocycles. The summed E-state index contributed by atoms with van der Waals surface area (Å²) in [6, 6.07) is 6.58. The average Bonchev–Trinajstić information content (AvgIpc) is 2.76. The molecule has 4 nitrogen and oxygen atoms in total. The van der Waals surface area contributed by atoms with Gasteiger partial charge in [-0.2, -0.15) is 5.26 Å². The molecule has 25 heavy (non-hydrogen) atoms. The van der Waals surface area contributed by atoms with Crippen molar-refractivity contribution in [3.63, 3.8) is 0 Å². The fourth-order valence-electron chi connectivity index (χ4n) is 2.78. The summed E-state index contributed by atoms with van der Waals surface area (Å²) in [6.45, 7) is 0.350. The second-order valence-electron chi connectivity index (χ2n) is 5.63. The second kappa shape index (κ2) is 6.85. The Labute approximate surface area is 141 Å². The molecule has 1 amide bonds. The van der Waals surface area contributed by atoms with Crippen molar-refractivity contribution in [2.24, 2.45) is 0 Å². The third kappa shape index (κ3) is 3.43. The molecule has 2 aromatic carbocycles. The van der Waals surface area contributed by atoms with Gasteiger partial charge in [-0.3, -0.25) is 4.79 Å². The van der Waals surface area contributed by atoms with Crippen LogP contribution in [-0.4, -0.2) is 12.5 Å². The number of nitrogens with zero attached hydrogens (tertiary/aromatic N) is 1. The van der Waals surface area contributed by atoms with Crippen LogP contribution in [0.4, 0.5) is 13.2 Å². The fourth-order valence-corrected chi connectivity index (χ4v) is 2.78. The minimum atomic E-state index is -1.11. The lowest BCUT2D eigenvalue weighted by atomic mass is 10.0. The molecule has 1 unspecified atom stereocenters. The number of nitriles is 1. The Hall–Kier alpha value is -3.01. The van der Waals surface area contributed by atoms with Crippen LogP contribution in [0.2, 0.25) is 0 Å². The van der Waals surface area contributed by atoms with Crippen molar-refractivity contribution in [2.45, 2.75) is 18.9 Å². The number of amides is 1. The lowest BCUT2D eigenvalue weighted by Gasteiger charge is -2.19. The minimum Gasteiger partial charge on any atom is -0.493 e. The molecule has 7 heteroatoms. The first kappa shape index (κ1) is 16.8. The Morgan fingerprint density at radius 3 is 2.60 bits per heavy atom. The standard InChI is InChI=1S/C18H13F3N2O2/c19-11-3-4-12-15(2-1-5-25-16(12)8-11)23-18(24)17-13(20)6-10(9-22)7-14(17)21/h3-4,6-8,15H,1-2,5H2,(H,23,24). The van der Waals surface area contributed by atoms with Gasteiger partial charge in [0, 0.05) is 11.6 Å². The molecule has 0 bridgehead atoms. The molecule has 128 valence electrons. The summed E-state index contributed by atoms with van der Waals surface area (Å²) in [5, 5.41) is 11.3. The summed E-state index contributed by atoms with van der Waals surface area (Å²) in [6.07, 6.45) is 1.06. The van der Waals surface area contributed by atoms with E-state index in [0.717, 1.165) is 12.1 Å². The summed E-state index contributed by atoms with van der Waals surface area (Å²) >= 11 is 0. The Morgan fingerprint density at radius 1 is 1.20 bits per heavy atom. The zero-order valence-corrected chi connectivity index (χ0v) is 13.0. The molecule has 0 fully saturated rings. The van der Waals surface area contributed by atoms with Crippen LogP contribution >= 0.6 is 0 Å². The van der Waals surface area contributed by atoms with Gasteiger partial charge in [0.15, 0.2) is 0 Å². The lowest BCUT2D eigenvalue weighted by Crippen LogP contribution is -2.30. The predicted octanol–water partition coefficient (Wildman–Crippen LogP) is 3.62. The molecule has 0 saturated heterocycles. The number of benzene rings is 2. The molecule has 0 aliphatic carbocycles. The lowest BCUT2D eigenvalue weighted by molar-refractivity contribution is 0.0926. The number of hydrogen-bond donors (Lipinski definition) is 1. The molecule has 0 radical (unpaired) electrons. The van der Waals surface area contributed by atoms with Crippen LogP contribution in [0, 0.1) is 28.8 Å². The van der Waals surface area contributed by atoms with Gasteiger partial charge in [0.05, 0.1) is 24.3 Å². The van der Waals surface area contributed by atoms with Crippen LogP contribution in [0.5, 0.6) is 5.75 Å². The zero-order chi connectivity index (χ0) is 18.0. The molecule has 1 atom stereocenters. The summed E-state index contributed by atoms with van der Waals surface area (Å²) in [4.78, 5) is 12.4. The van der Waals surface area contributed by atoms with Gasteiger partial charge in [-0.15, -0.1) is 0 Å². The van der Waals surface area contributed by atoms with E-state index in [9.17, 15) is 18.0 Å². The third-order valence-corrected chi connectivity index (χ3v) is 3.95. The maximum absolute atomic E-state index is 14.0. The van der Waals surface area contributed by atoms with Crippen molar-refractivity contribution < 1.29 is 22.7 Å². The van der Waals surface area contributed by atoms with Gasteiger partial charge in [0.25, 0.3) is 5.91 Å². The molecular weight excluding hydrogens is 333 g/mol. The number of fused-ring (bicyclic) bond motifs is 1. The molecule has 1 heterocycles. The van der Waals surface area contributed by atoms with E-state index in [-0.39, 0.29) is 5.56 Å². The maximum Gasteiger partial charge on any atom is 0.257 e. The smallest absolute Gasteiger partial charge is 0.257 e. The van der Waals surface area contributed by atoms with Gasteiger partial charge in [0.1, 0.15) is 28.8 Å². The van der Waals surface area contributed by atoms with Gasteiger partial charge >= 0.3 is 0 Å². The quantitative estimate of drug-likeness (QED) is 0.903. The van der Waals surface area contributed by atoms with Crippen LogP contribution in [0.1, 0.15) is 40.4 Å². The van der Waals surface area contributed by atoms with E-state index >= 15 is 0 Å². The van der Waals surface area contributed by atoms with Gasteiger partial charge in [-0.25, -0.2) is 13.2 Å². The van der Waals surface area contributed by atoms with E-state index in [1.807, 2.05) is 0 Å². The predicted molar refractivity (Wildman–Crippen MR) is 82.4 cm³/mol. The van der Waals surface area contributed by atoms with Crippen LogP contribution < -0.4 is 10.1 Å². The molecule has 0 saturated carbocycles. The Balaban J connectivity index is 1.91. The highest BCUT2D eigenvalue weighted by Crippen LogP contribution is 2.32. The highest BCUT2D eigenvalue weighted by Gasteiger charge is 2.25. The van der Waals surface area contributed by atoms with Crippen LogP contribution in [0.15, 0.2) is 30.3 Å². The van der Waals surface area contributed by atoms with Gasteiger partial charge in [-0.1, -0.05) is 6.07 Å². The summed E-state index contributed by atoms with van der Waals surface area (Å²) in [7, 11) is 0. The summed E-state index contributed by atoms with van der Waals surface area (Å²) in [5.74, 6) is -3.35. The molecule has 1 aliphatic heterocycles. The van der Waals surface area contributed by atoms with Crippen molar-refractivity contribution in [3.8, 4) is 11.8 Å². The van der Waals surface area contributed by atoms with E-state index in [1.165, 1.54) is 18.2 Å². The normalized spacial score (nSPS) is 16.2. The van der Waals surface area contributed by atoms with Crippen LogP contribution in [-0.2, 0) is 0 Å². The average molecular weight is 346 g/mol. The number of hydrogen-bond acceptors (Lipinski definition) is 3. The van der Waals surface area contributed by atoms with Gasteiger partial charge in [0.2, 0.25) is 0 Å². The minimum absolute atomic E-state index is 0.213. The van der Waals surface area contributed by atoms with E-state index in [1.54, 1.807) is 6.07 Å². The molecule has 0 spiro atoms. The Morgan fingerprint density at radius 2 is 1.92 bits per heavy atom. The number of carbonyl (C=O) groups is 1. The highest BCUT2D eigenvalue weighted by atomic mass is 19.1. The van der Waals surface area contributed by atoms with E-state index < -0.39 is 35.0 Å². The first-order valence-electron chi connectivity index (χ1n) is 7.62. The number of halogens is 3. The van der Waals surface area contributed by atoms with Gasteiger partial charge < -0.3 is 10.1 Å². The first-order valence-corrected chi connectivity index (χ1v) is 7.62. The zero-order valence-electron chi connectivity index (χ0n) is 13.0. The van der Waals surface area contributed by atoms with Crippen molar-refractivity contribution >= 4 is 5.91 Å². The van der Waals surface area contributed by atoms with Crippen molar-refractivity contribution in [2.75, 3.05) is 6.61 Å². The molecule has 1 aliphatic rings. The van der Waals surface area contributed by atoms with E-state index in [0.29, 0.717) is 30.8 Å². The van der Waals surface area contributed by atoms with Crippen molar-refractivity contribution in [1.29, 1.82) is 5.26 Å². The largest absolute Gasteiger partial charge is 0.493 e. The highest BCUT2D eigenvalue weighted by molar-refractivity contribution is 5.95. The summed E-state index contributed by atoms with van der Waals surface area (Å²) in [5.41, 5.74) is -0.426. The third-order valence-electron chi connectivity index (χ3n) is 3.95. The van der Waals surface area contributed by atoms with Crippen molar-refractivity contribution in [3.05, 3.63) is 64.5 Å². The van der Waals surface area contributed by atoms with Crippen molar-refractivity contribution in [1.82, 2.24) is 5.32 Å². The molecule has 1 N–H and O–H groups in total. The van der Waals surface area contributed by atoms with E-state index in [4.69, 9.17) is 10.00 Å². The Bertz CT molecular complexity index is 854. The Kier molecular flexibility index (Phi) is 4.61. The molecule has 3 rings (SSSR count). The van der Waals surface area contributed by atoms with Gasteiger partial charge in [-0.05, 0) is 31.0 Å². The van der Waals surface area contributed by atoms with E-state index in [2.05, 4.69) is 5.32 Å². The summed E-state index contributed by atoms with van der Waals surface area (Å²) < 4.78 is 46.8. The monoisotopic (exact) mass is 346 g/mol. The second-order valence-corrected chi connectivity index (χ2v) is 5.63. The number of carbonyl (C=O) groups excluding carboxylic acids is 1. The maximum atomic E-state index is 14.0. The number of rotatable bonds is 2. The SMILES string of the molecule is N#Cc1cc(F)c(C(=O)NC2CCCOc3cc(F)ccc32)c(F)c1. The topological polar surface area (TPSA) is 62.1 Å². The fraction of sp³-hybridized carbons (Fsp3) is 0.222. The van der Waals surface area contributed by atoms with Crippen LogP contribution in [0.25, 0.3) is 0 Å². The number of ether oxygens (including phenoxy) is 1. The molecular formula is C18H13F3N2O2. The number of nitrogens with one attached hydrogen (secondary N) is 1. The van der Waals surface area contributed by atoms with Crippen LogP contribution in [0.3, 0.4) is 0 Å². The molecule has 2 aromatic rings. The first-order chi connectivity index (χ1) is 12.0.